The van der Waals surface area contributed by atoms with Gasteiger partial charge in [-0.1, -0.05) is 83.9 Å². The lowest BCUT2D eigenvalue weighted by molar-refractivity contribution is -0.121. The van der Waals surface area contributed by atoms with Crippen LogP contribution in [0.4, 0.5) is 5.69 Å². The molecule has 3 aromatic carbocycles. The highest BCUT2D eigenvalue weighted by atomic mass is 35.5. The Morgan fingerprint density at radius 3 is 2.24 bits per heavy atom. The Balaban J connectivity index is 1.41. The second-order valence-corrected chi connectivity index (χ2v) is 9.92. The maximum atomic E-state index is 13.4. The highest BCUT2D eigenvalue weighted by molar-refractivity contribution is 6.35. The number of nitrogens with zero attached hydrogens (tertiary/aromatic N) is 1. The predicted molar refractivity (Wildman–Crippen MR) is 150 cm³/mol. The van der Waals surface area contributed by atoms with Gasteiger partial charge in [0.2, 0.25) is 0 Å². The van der Waals surface area contributed by atoms with Gasteiger partial charge in [0.05, 0.1) is 22.3 Å². The van der Waals surface area contributed by atoms with E-state index in [0.717, 1.165) is 23.1 Å². The number of anilines is 1. The van der Waals surface area contributed by atoms with Crippen LogP contribution < -0.4 is 10.7 Å². The van der Waals surface area contributed by atoms with Crippen molar-refractivity contribution in [2.75, 3.05) is 5.32 Å². The molecule has 8 heteroatoms. The number of carbonyl (C=O) groups is 2. The van der Waals surface area contributed by atoms with Crippen LogP contribution in [0.3, 0.4) is 0 Å². The summed E-state index contributed by atoms with van der Waals surface area (Å²) in [5.41, 5.74) is 7.03. The second kappa shape index (κ2) is 11.3. The summed E-state index contributed by atoms with van der Waals surface area (Å²) in [5, 5.41) is 8.12. The smallest absolute Gasteiger partial charge is 0.291 e. The molecule has 1 aromatic heterocycles. The fourth-order valence-corrected chi connectivity index (χ4v) is 5.08. The molecule has 0 aliphatic heterocycles. The van der Waals surface area contributed by atoms with Crippen molar-refractivity contribution in [3.05, 3.63) is 123 Å². The highest BCUT2D eigenvalue weighted by Gasteiger charge is 2.29. The molecule has 1 aliphatic carbocycles. The molecular formula is C30H25Cl2N3O3. The molecule has 192 valence electrons. The van der Waals surface area contributed by atoms with Crippen LogP contribution in [0.1, 0.15) is 57.3 Å². The lowest BCUT2D eigenvalue weighted by Gasteiger charge is -2.18. The zero-order chi connectivity index (χ0) is 26.6. The number of furan rings is 1. The summed E-state index contributed by atoms with van der Waals surface area (Å²) < 4.78 is 5.98. The number of hydrogen-bond acceptors (Lipinski definition) is 4. The number of benzene rings is 3. The molecule has 2 amide bonds. The first-order chi connectivity index (χ1) is 18.4. The molecule has 0 spiro atoms. The summed E-state index contributed by atoms with van der Waals surface area (Å²) in [7, 11) is 0. The summed E-state index contributed by atoms with van der Waals surface area (Å²) >= 11 is 12.3. The second-order valence-electron chi connectivity index (χ2n) is 9.08. The van der Waals surface area contributed by atoms with Gasteiger partial charge in [-0.15, -0.1) is 0 Å². The minimum Gasteiger partial charge on any atom is -0.455 e. The molecule has 5 rings (SSSR count). The average molecular weight is 546 g/mol. The van der Waals surface area contributed by atoms with Crippen molar-refractivity contribution in [2.24, 2.45) is 5.10 Å². The van der Waals surface area contributed by atoms with E-state index < -0.39 is 11.8 Å². The van der Waals surface area contributed by atoms with Crippen molar-refractivity contribution >= 4 is 46.4 Å². The van der Waals surface area contributed by atoms with Crippen molar-refractivity contribution in [3.63, 3.8) is 0 Å². The van der Waals surface area contributed by atoms with E-state index >= 15 is 0 Å². The van der Waals surface area contributed by atoms with E-state index in [1.54, 1.807) is 18.2 Å². The molecule has 0 radical (unpaired) electrons. The van der Waals surface area contributed by atoms with Crippen LogP contribution >= 0.6 is 23.2 Å². The van der Waals surface area contributed by atoms with Gasteiger partial charge in [-0.2, -0.15) is 5.10 Å². The molecule has 6 nitrogen and oxygen atoms in total. The highest BCUT2D eigenvalue weighted by Crippen LogP contribution is 2.32. The lowest BCUT2D eigenvalue weighted by atomic mass is 9.90. The van der Waals surface area contributed by atoms with Crippen LogP contribution in [-0.4, -0.2) is 17.5 Å². The fourth-order valence-electron chi connectivity index (χ4n) is 4.74. The third-order valence-electron chi connectivity index (χ3n) is 6.54. The van der Waals surface area contributed by atoms with Crippen molar-refractivity contribution in [2.45, 2.75) is 32.1 Å². The number of amides is 2. The molecule has 0 fully saturated rings. The summed E-state index contributed by atoms with van der Waals surface area (Å²) in [6.45, 7) is 1.82. The third-order valence-corrected chi connectivity index (χ3v) is 7.10. The molecule has 1 heterocycles. The zero-order valence-corrected chi connectivity index (χ0v) is 22.1. The van der Waals surface area contributed by atoms with Crippen LogP contribution in [0.15, 0.2) is 88.4 Å². The Morgan fingerprint density at radius 2 is 1.58 bits per heavy atom. The van der Waals surface area contributed by atoms with Crippen LogP contribution in [0.5, 0.6) is 0 Å². The largest absolute Gasteiger partial charge is 0.455 e. The first kappa shape index (κ1) is 25.8. The molecule has 0 saturated heterocycles. The standard InChI is InChI=1S/C30H25Cl2N3O3/c1-18-26-23(34-35-29(36)27(19-9-4-2-5-10-19)20-11-6-3-7-12-20)13-8-14-25(26)38-28(18)30(37)33-24-17-21(31)15-16-22(24)32/h2-7,9-12,15-17,27H,8,13-14H2,1H3,(H,33,37)(H,35,36)/b34-23+. The van der Waals surface area contributed by atoms with Gasteiger partial charge in [0.25, 0.3) is 11.8 Å². The minimum atomic E-state index is -0.515. The predicted octanol–water partition coefficient (Wildman–Crippen LogP) is 7.14. The van der Waals surface area contributed by atoms with E-state index in [1.165, 1.54) is 0 Å². The van der Waals surface area contributed by atoms with E-state index in [0.29, 0.717) is 45.6 Å². The number of fused-ring (bicyclic) bond motifs is 1. The maximum Gasteiger partial charge on any atom is 0.291 e. The summed E-state index contributed by atoms with van der Waals surface area (Å²) in [6, 6.07) is 24.1. The number of nitrogens with one attached hydrogen (secondary N) is 2. The normalized spacial score (nSPS) is 13.8. The molecule has 0 unspecified atom stereocenters. The molecule has 1 aliphatic rings. The fraction of sp³-hybridized carbons (Fsp3) is 0.167. The quantitative estimate of drug-likeness (QED) is 0.252. The lowest BCUT2D eigenvalue weighted by Crippen LogP contribution is -2.28. The van der Waals surface area contributed by atoms with Crippen molar-refractivity contribution in [1.82, 2.24) is 5.43 Å². The van der Waals surface area contributed by atoms with Gasteiger partial charge < -0.3 is 9.73 Å². The monoisotopic (exact) mass is 545 g/mol. The topological polar surface area (TPSA) is 83.7 Å². The first-order valence-electron chi connectivity index (χ1n) is 12.3. The summed E-state index contributed by atoms with van der Waals surface area (Å²) in [5.74, 6) is -0.335. The molecule has 38 heavy (non-hydrogen) atoms. The Hall–Kier alpha value is -3.87. The van der Waals surface area contributed by atoms with Gasteiger partial charge in [0, 0.05) is 22.6 Å². The van der Waals surface area contributed by atoms with Gasteiger partial charge in [-0.25, -0.2) is 5.43 Å². The Labute approximate surface area is 230 Å². The van der Waals surface area contributed by atoms with Crippen LogP contribution in [0, 0.1) is 6.92 Å². The number of carbonyl (C=O) groups excluding carboxylic acids is 2. The van der Waals surface area contributed by atoms with Gasteiger partial charge in [0.15, 0.2) is 5.76 Å². The van der Waals surface area contributed by atoms with Gasteiger partial charge in [-0.3, -0.25) is 9.59 Å². The average Bonchev–Trinajstić information content (AvgIpc) is 3.28. The van der Waals surface area contributed by atoms with Crippen LogP contribution in [-0.2, 0) is 11.2 Å². The maximum absolute atomic E-state index is 13.4. The van der Waals surface area contributed by atoms with Crippen molar-refractivity contribution in [1.29, 1.82) is 0 Å². The summed E-state index contributed by atoms with van der Waals surface area (Å²) in [4.78, 5) is 26.5. The van der Waals surface area contributed by atoms with Crippen LogP contribution in [0.25, 0.3) is 0 Å². The number of aryl methyl sites for hydroxylation is 1. The van der Waals surface area contributed by atoms with E-state index in [2.05, 4.69) is 15.8 Å². The van der Waals surface area contributed by atoms with Crippen molar-refractivity contribution in [3.8, 4) is 0 Å². The van der Waals surface area contributed by atoms with E-state index in [4.69, 9.17) is 27.6 Å². The molecular weight excluding hydrogens is 521 g/mol. The molecule has 2 N–H and O–H groups in total. The summed E-state index contributed by atoms with van der Waals surface area (Å²) in [6.07, 6.45) is 2.11. The molecule has 0 atom stereocenters. The Bertz CT molecular complexity index is 1480. The van der Waals surface area contributed by atoms with Crippen LogP contribution in [0.2, 0.25) is 10.0 Å². The minimum absolute atomic E-state index is 0.179. The Kier molecular flexibility index (Phi) is 7.63. The third kappa shape index (κ3) is 5.37. The SMILES string of the molecule is Cc1c(C(=O)Nc2cc(Cl)ccc2Cl)oc2c1/C(=N/NC(=O)C(c1ccccc1)c1ccccc1)CCC2. The molecule has 4 aromatic rings. The number of hydrazone groups is 1. The molecule has 0 bridgehead atoms. The van der Waals surface area contributed by atoms with Crippen molar-refractivity contribution < 1.29 is 14.0 Å². The number of rotatable bonds is 6. The van der Waals surface area contributed by atoms with E-state index in [9.17, 15) is 9.59 Å². The number of hydrogen-bond donors (Lipinski definition) is 2. The van der Waals surface area contributed by atoms with Gasteiger partial charge in [0.1, 0.15) is 5.76 Å². The van der Waals surface area contributed by atoms with Gasteiger partial charge in [-0.05, 0) is 49.1 Å². The van der Waals surface area contributed by atoms with Gasteiger partial charge >= 0.3 is 0 Å². The molecule has 0 saturated carbocycles. The van der Waals surface area contributed by atoms with E-state index in [-0.39, 0.29) is 11.7 Å². The zero-order valence-electron chi connectivity index (χ0n) is 20.6. The van der Waals surface area contributed by atoms with E-state index in [1.807, 2.05) is 67.6 Å². The first-order valence-corrected chi connectivity index (χ1v) is 13.0. The number of halogens is 2. The Morgan fingerprint density at radius 1 is 0.921 bits per heavy atom.